The highest BCUT2D eigenvalue weighted by Crippen LogP contribution is 2.27. The molecular formula is C14H21ClN2O. The van der Waals surface area contributed by atoms with E-state index >= 15 is 0 Å². The second-order valence-electron chi connectivity index (χ2n) is 4.69. The number of carbonyl (C=O) groups excluding carboxylic acids is 1. The Hall–Kier alpha value is -1.06. The van der Waals surface area contributed by atoms with Gasteiger partial charge in [-0.25, -0.2) is 0 Å². The molecule has 0 spiro atoms. The van der Waals surface area contributed by atoms with Crippen molar-refractivity contribution in [3.05, 3.63) is 30.3 Å². The van der Waals surface area contributed by atoms with Crippen LogP contribution >= 0.6 is 12.4 Å². The minimum Gasteiger partial charge on any atom is -0.328 e. The van der Waals surface area contributed by atoms with Crippen molar-refractivity contribution < 1.29 is 4.79 Å². The summed E-state index contributed by atoms with van der Waals surface area (Å²) in [5, 5.41) is 0. The van der Waals surface area contributed by atoms with Crippen LogP contribution in [0, 0.1) is 5.92 Å². The average Bonchev–Trinajstić information content (AvgIpc) is 2.78. The van der Waals surface area contributed by atoms with Gasteiger partial charge in [-0.2, -0.15) is 0 Å². The molecule has 4 heteroatoms. The number of rotatable bonds is 3. The Bertz CT molecular complexity index is 383. The summed E-state index contributed by atoms with van der Waals surface area (Å²) in [6, 6.07) is 10.1. The van der Waals surface area contributed by atoms with Gasteiger partial charge in [-0.1, -0.05) is 18.2 Å². The molecular weight excluding hydrogens is 248 g/mol. The molecule has 1 saturated carbocycles. The van der Waals surface area contributed by atoms with E-state index in [0.717, 1.165) is 24.9 Å². The smallest absolute Gasteiger partial charge is 0.230 e. The van der Waals surface area contributed by atoms with E-state index in [4.69, 9.17) is 5.73 Å². The molecule has 2 atom stereocenters. The third-order valence-electron chi connectivity index (χ3n) is 3.47. The zero-order chi connectivity index (χ0) is 12.3. The molecule has 1 aromatic rings. The highest BCUT2D eigenvalue weighted by Gasteiger charge is 2.30. The van der Waals surface area contributed by atoms with Gasteiger partial charge in [0, 0.05) is 24.2 Å². The first-order valence-corrected chi connectivity index (χ1v) is 6.34. The number of hydrogen-bond acceptors (Lipinski definition) is 2. The largest absolute Gasteiger partial charge is 0.328 e. The molecule has 1 aromatic carbocycles. The lowest BCUT2D eigenvalue weighted by atomic mass is 10.1. The predicted octanol–water partition coefficient (Wildman–Crippen LogP) is 2.59. The van der Waals surface area contributed by atoms with E-state index in [1.807, 2.05) is 42.2 Å². The minimum absolute atomic E-state index is 0. The summed E-state index contributed by atoms with van der Waals surface area (Å²) in [7, 11) is 0. The van der Waals surface area contributed by atoms with Gasteiger partial charge in [-0.15, -0.1) is 12.4 Å². The van der Waals surface area contributed by atoms with Gasteiger partial charge >= 0.3 is 0 Å². The molecule has 1 aliphatic rings. The predicted molar refractivity (Wildman–Crippen MR) is 77.0 cm³/mol. The average molecular weight is 269 g/mol. The molecule has 0 aromatic heterocycles. The number of hydrogen-bond donors (Lipinski definition) is 1. The van der Waals surface area contributed by atoms with E-state index in [1.54, 1.807) is 0 Å². The summed E-state index contributed by atoms with van der Waals surface area (Å²) in [5.41, 5.74) is 6.86. The first-order valence-electron chi connectivity index (χ1n) is 6.34. The van der Waals surface area contributed by atoms with Gasteiger partial charge in [0.2, 0.25) is 5.91 Å². The number of nitrogens with zero attached hydrogens (tertiary/aromatic N) is 1. The molecule has 1 fully saturated rings. The van der Waals surface area contributed by atoms with Crippen molar-refractivity contribution >= 4 is 24.0 Å². The quantitative estimate of drug-likeness (QED) is 0.916. The van der Waals surface area contributed by atoms with Crippen molar-refractivity contribution in [2.24, 2.45) is 11.7 Å². The minimum atomic E-state index is 0. The van der Waals surface area contributed by atoms with Gasteiger partial charge in [-0.05, 0) is 38.3 Å². The number of nitrogens with two attached hydrogens (primary N) is 1. The van der Waals surface area contributed by atoms with Crippen LogP contribution in [-0.2, 0) is 4.79 Å². The van der Waals surface area contributed by atoms with E-state index in [9.17, 15) is 4.79 Å². The van der Waals surface area contributed by atoms with Crippen molar-refractivity contribution in [3.63, 3.8) is 0 Å². The van der Waals surface area contributed by atoms with Gasteiger partial charge in [0.25, 0.3) is 0 Å². The van der Waals surface area contributed by atoms with Gasteiger partial charge in [0.05, 0.1) is 0 Å². The Balaban J connectivity index is 0.00000162. The number of amides is 1. The fourth-order valence-electron chi connectivity index (χ4n) is 2.53. The fourth-order valence-corrected chi connectivity index (χ4v) is 2.53. The van der Waals surface area contributed by atoms with Gasteiger partial charge < -0.3 is 10.6 Å². The van der Waals surface area contributed by atoms with E-state index in [0.29, 0.717) is 6.54 Å². The number of carbonyl (C=O) groups is 1. The Kier molecular flexibility index (Phi) is 5.63. The second-order valence-corrected chi connectivity index (χ2v) is 4.69. The highest BCUT2D eigenvalue weighted by atomic mass is 35.5. The molecule has 100 valence electrons. The van der Waals surface area contributed by atoms with Crippen LogP contribution in [-0.4, -0.2) is 18.5 Å². The van der Waals surface area contributed by atoms with Crippen LogP contribution in [0.5, 0.6) is 0 Å². The SMILES string of the molecule is CCN(C(=O)C1CCC(N)C1)c1ccccc1.Cl. The summed E-state index contributed by atoms with van der Waals surface area (Å²) in [6.45, 7) is 2.73. The van der Waals surface area contributed by atoms with E-state index in [-0.39, 0.29) is 30.3 Å². The van der Waals surface area contributed by atoms with Crippen LogP contribution in [0.4, 0.5) is 5.69 Å². The lowest BCUT2D eigenvalue weighted by Gasteiger charge is -2.24. The molecule has 0 aliphatic heterocycles. The maximum Gasteiger partial charge on any atom is 0.230 e. The van der Waals surface area contributed by atoms with Gasteiger partial charge in [-0.3, -0.25) is 4.79 Å². The molecule has 2 rings (SSSR count). The molecule has 0 bridgehead atoms. The molecule has 2 unspecified atom stereocenters. The number of benzene rings is 1. The molecule has 3 nitrogen and oxygen atoms in total. The maximum absolute atomic E-state index is 12.4. The van der Waals surface area contributed by atoms with Crippen LogP contribution in [0.3, 0.4) is 0 Å². The van der Waals surface area contributed by atoms with Crippen molar-refractivity contribution in [1.29, 1.82) is 0 Å². The molecule has 0 radical (unpaired) electrons. The monoisotopic (exact) mass is 268 g/mol. The standard InChI is InChI=1S/C14H20N2O.ClH/c1-2-16(13-6-4-3-5-7-13)14(17)11-8-9-12(15)10-11;/h3-7,11-12H,2,8-10,15H2,1H3;1H. The van der Waals surface area contributed by atoms with Crippen LogP contribution < -0.4 is 10.6 Å². The Morgan fingerprint density at radius 2 is 2.00 bits per heavy atom. The van der Waals surface area contributed by atoms with Crippen molar-refractivity contribution in [2.45, 2.75) is 32.2 Å². The summed E-state index contributed by atoms with van der Waals surface area (Å²) in [4.78, 5) is 14.3. The Morgan fingerprint density at radius 1 is 1.33 bits per heavy atom. The lowest BCUT2D eigenvalue weighted by Crippen LogP contribution is -2.35. The topological polar surface area (TPSA) is 46.3 Å². The van der Waals surface area contributed by atoms with Crippen molar-refractivity contribution in [1.82, 2.24) is 0 Å². The van der Waals surface area contributed by atoms with Crippen molar-refractivity contribution in [2.75, 3.05) is 11.4 Å². The van der Waals surface area contributed by atoms with Gasteiger partial charge in [0.1, 0.15) is 0 Å². The first-order chi connectivity index (χ1) is 8.22. The summed E-state index contributed by atoms with van der Waals surface area (Å²) >= 11 is 0. The van der Waals surface area contributed by atoms with Crippen LogP contribution in [0.1, 0.15) is 26.2 Å². The van der Waals surface area contributed by atoms with E-state index in [1.165, 1.54) is 0 Å². The zero-order valence-corrected chi connectivity index (χ0v) is 11.5. The van der Waals surface area contributed by atoms with Crippen molar-refractivity contribution in [3.8, 4) is 0 Å². The third kappa shape index (κ3) is 3.24. The summed E-state index contributed by atoms with van der Waals surface area (Å²) in [5.74, 6) is 0.344. The molecule has 1 amide bonds. The first kappa shape index (κ1) is 15.0. The van der Waals surface area contributed by atoms with E-state index < -0.39 is 0 Å². The van der Waals surface area contributed by atoms with Crippen LogP contribution in [0.2, 0.25) is 0 Å². The molecule has 0 heterocycles. The molecule has 2 N–H and O–H groups in total. The summed E-state index contributed by atoms with van der Waals surface area (Å²) < 4.78 is 0. The Labute approximate surface area is 115 Å². The maximum atomic E-state index is 12.4. The number of para-hydroxylation sites is 1. The number of halogens is 1. The number of anilines is 1. The fraction of sp³-hybridized carbons (Fsp3) is 0.500. The third-order valence-corrected chi connectivity index (χ3v) is 3.47. The normalized spacial score (nSPS) is 22.3. The van der Waals surface area contributed by atoms with Gasteiger partial charge in [0.15, 0.2) is 0 Å². The van der Waals surface area contributed by atoms with Crippen LogP contribution in [0.25, 0.3) is 0 Å². The molecule has 1 aliphatic carbocycles. The second kappa shape index (κ2) is 6.76. The highest BCUT2D eigenvalue weighted by molar-refractivity contribution is 5.95. The molecule has 0 saturated heterocycles. The summed E-state index contributed by atoms with van der Waals surface area (Å²) in [6.07, 6.45) is 2.74. The zero-order valence-electron chi connectivity index (χ0n) is 10.7. The Morgan fingerprint density at radius 3 is 2.50 bits per heavy atom. The van der Waals surface area contributed by atoms with Crippen LogP contribution in [0.15, 0.2) is 30.3 Å². The molecule has 18 heavy (non-hydrogen) atoms. The lowest BCUT2D eigenvalue weighted by molar-refractivity contribution is -0.122. The van der Waals surface area contributed by atoms with E-state index in [2.05, 4.69) is 0 Å².